The Kier molecular flexibility index (Phi) is 6.69. The minimum Gasteiger partial charge on any atom is -0.481 e. The average molecular weight is 355 g/mol. The van der Waals surface area contributed by atoms with E-state index in [0.29, 0.717) is 11.5 Å². The van der Waals surface area contributed by atoms with Gasteiger partial charge < -0.3 is 15.2 Å². The summed E-state index contributed by atoms with van der Waals surface area (Å²) >= 11 is 0. The van der Waals surface area contributed by atoms with Crippen LogP contribution >= 0.6 is 0 Å². The van der Waals surface area contributed by atoms with Crippen LogP contribution in [-0.2, 0) is 0 Å². The average Bonchev–Trinajstić information content (AvgIpc) is 2.67. The van der Waals surface area contributed by atoms with E-state index in [2.05, 4.69) is 26.9 Å². The van der Waals surface area contributed by atoms with Crippen molar-refractivity contribution >= 4 is 17.4 Å². The highest BCUT2D eigenvalue weighted by atomic mass is 19.1. The van der Waals surface area contributed by atoms with Crippen LogP contribution in [0.4, 0.5) is 10.1 Å². The number of nitrogens with one attached hydrogen (secondary N) is 2. The SMILES string of the molecule is C=C/C(=C/C(=N\C(=N)c1cccc(OC)n1)Nc1ccncc1F)CO. The van der Waals surface area contributed by atoms with E-state index in [1.54, 1.807) is 18.2 Å². The number of rotatable bonds is 6. The van der Waals surface area contributed by atoms with Crippen molar-refractivity contribution in [3.05, 3.63) is 72.5 Å². The van der Waals surface area contributed by atoms with Crippen molar-refractivity contribution in [3.63, 3.8) is 0 Å². The van der Waals surface area contributed by atoms with E-state index < -0.39 is 5.82 Å². The summed E-state index contributed by atoms with van der Waals surface area (Å²) < 4.78 is 18.9. The van der Waals surface area contributed by atoms with Crippen molar-refractivity contribution in [2.24, 2.45) is 4.99 Å². The van der Waals surface area contributed by atoms with Gasteiger partial charge in [-0.15, -0.1) is 0 Å². The van der Waals surface area contributed by atoms with E-state index >= 15 is 0 Å². The van der Waals surface area contributed by atoms with E-state index in [1.165, 1.54) is 31.5 Å². The van der Waals surface area contributed by atoms with Gasteiger partial charge in [-0.05, 0) is 23.8 Å². The molecule has 0 unspecified atom stereocenters. The zero-order valence-electron chi connectivity index (χ0n) is 14.1. The van der Waals surface area contributed by atoms with Gasteiger partial charge >= 0.3 is 0 Å². The molecule has 0 saturated heterocycles. The lowest BCUT2D eigenvalue weighted by Crippen LogP contribution is -2.15. The standard InChI is InChI=1S/C18H18FN5O2/c1-3-12(11-25)9-16(22-14-7-8-21-10-13(14)19)24-18(20)15-5-4-6-17(23-15)26-2/h3-10,25H,1,11H2,2H3,(H2,20,21,22,24)/b12-9-. The molecule has 0 aliphatic heterocycles. The quantitative estimate of drug-likeness (QED) is 0.420. The Morgan fingerprint density at radius 1 is 1.46 bits per heavy atom. The van der Waals surface area contributed by atoms with Crippen molar-refractivity contribution in [2.45, 2.75) is 0 Å². The number of hydrogen-bond donors (Lipinski definition) is 3. The molecule has 8 heteroatoms. The molecule has 0 fully saturated rings. The minimum atomic E-state index is -0.580. The van der Waals surface area contributed by atoms with Crippen molar-refractivity contribution < 1.29 is 14.2 Å². The van der Waals surface area contributed by atoms with Crippen molar-refractivity contribution in [1.82, 2.24) is 9.97 Å². The summed E-state index contributed by atoms with van der Waals surface area (Å²) in [5.41, 5.74) is 0.844. The molecule has 0 atom stereocenters. The van der Waals surface area contributed by atoms with Crippen LogP contribution in [0, 0.1) is 11.2 Å². The van der Waals surface area contributed by atoms with Crippen molar-refractivity contribution in [3.8, 4) is 5.88 Å². The largest absolute Gasteiger partial charge is 0.481 e. The maximum absolute atomic E-state index is 13.9. The first-order valence-electron chi connectivity index (χ1n) is 7.56. The van der Waals surface area contributed by atoms with Gasteiger partial charge in [-0.3, -0.25) is 10.4 Å². The number of hydrogen-bond acceptors (Lipinski definition) is 5. The van der Waals surface area contributed by atoms with Gasteiger partial charge in [0.2, 0.25) is 5.88 Å². The van der Waals surface area contributed by atoms with Crippen LogP contribution in [0.15, 0.2) is 66.0 Å². The third-order valence-corrected chi connectivity index (χ3v) is 3.21. The Balaban J connectivity index is 2.40. The second-order valence-electron chi connectivity index (χ2n) is 4.97. The number of halogens is 1. The van der Waals surface area contributed by atoms with Gasteiger partial charge in [-0.25, -0.2) is 14.4 Å². The molecule has 134 valence electrons. The van der Waals surface area contributed by atoms with Gasteiger partial charge in [0, 0.05) is 12.3 Å². The Morgan fingerprint density at radius 3 is 2.92 bits per heavy atom. The second-order valence-corrected chi connectivity index (χ2v) is 4.97. The Morgan fingerprint density at radius 2 is 2.27 bits per heavy atom. The summed E-state index contributed by atoms with van der Waals surface area (Å²) in [6.45, 7) is 3.31. The molecule has 26 heavy (non-hydrogen) atoms. The number of aliphatic imine (C=N–C) groups is 1. The molecule has 2 rings (SSSR count). The Hall–Kier alpha value is -3.39. The van der Waals surface area contributed by atoms with Crippen LogP contribution in [0.3, 0.4) is 0 Å². The zero-order valence-corrected chi connectivity index (χ0v) is 14.1. The van der Waals surface area contributed by atoms with Gasteiger partial charge in [0.15, 0.2) is 11.7 Å². The fraction of sp³-hybridized carbons (Fsp3) is 0.111. The van der Waals surface area contributed by atoms with E-state index in [9.17, 15) is 9.50 Å². The normalized spacial score (nSPS) is 11.8. The second kappa shape index (κ2) is 9.19. The first kappa shape index (κ1) is 18.9. The molecule has 0 saturated carbocycles. The number of aliphatic hydroxyl groups is 1. The highest BCUT2D eigenvalue weighted by Crippen LogP contribution is 2.13. The molecule has 0 aliphatic rings. The van der Waals surface area contributed by atoms with Crippen LogP contribution < -0.4 is 10.1 Å². The number of methoxy groups -OCH3 is 1. The van der Waals surface area contributed by atoms with Gasteiger partial charge in [0.05, 0.1) is 25.6 Å². The van der Waals surface area contributed by atoms with Crippen LogP contribution in [0.2, 0.25) is 0 Å². The number of pyridine rings is 2. The van der Waals surface area contributed by atoms with E-state index in [1.807, 2.05) is 0 Å². The predicted molar refractivity (Wildman–Crippen MR) is 98.2 cm³/mol. The third-order valence-electron chi connectivity index (χ3n) is 3.21. The predicted octanol–water partition coefficient (Wildman–Crippen LogP) is 2.56. The van der Waals surface area contributed by atoms with Crippen LogP contribution in [-0.4, -0.2) is 40.5 Å². The number of aromatic nitrogens is 2. The molecule has 0 amide bonds. The fourth-order valence-electron chi connectivity index (χ4n) is 1.89. The smallest absolute Gasteiger partial charge is 0.213 e. The molecule has 2 heterocycles. The summed E-state index contributed by atoms with van der Waals surface area (Å²) in [6, 6.07) is 6.36. The lowest BCUT2D eigenvalue weighted by atomic mass is 10.2. The highest BCUT2D eigenvalue weighted by Gasteiger charge is 2.08. The van der Waals surface area contributed by atoms with E-state index in [4.69, 9.17) is 10.1 Å². The maximum atomic E-state index is 13.9. The lowest BCUT2D eigenvalue weighted by Gasteiger charge is -2.09. The molecular weight excluding hydrogens is 337 g/mol. The number of amidine groups is 2. The molecule has 2 aromatic heterocycles. The number of aliphatic hydroxyl groups excluding tert-OH is 1. The van der Waals surface area contributed by atoms with Crippen molar-refractivity contribution in [1.29, 1.82) is 5.41 Å². The number of nitrogens with zero attached hydrogens (tertiary/aromatic N) is 3. The van der Waals surface area contributed by atoms with Gasteiger partial charge in [0.1, 0.15) is 11.5 Å². The summed E-state index contributed by atoms with van der Waals surface area (Å²) in [4.78, 5) is 12.0. The van der Waals surface area contributed by atoms with Gasteiger partial charge in [-0.1, -0.05) is 18.7 Å². The Labute approximate surface area is 150 Å². The molecule has 7 nitrogen and oxygen atoms in total. The number of anilines is 1. The van der Waals surface area contributed by atoms with Gasteiger partial charge in [-0.2, -0.15) is 0 Å². The summed E-state index contributed by atoms with van der Waals surface area (Å²) in [6.07, 6.45) is 5.37. The molecule has 0 bridgehead atoms. The zero-order chi connectivity index (χ0) is 18.9. The molecule has 3 N–H and O–H groups in total. The van der Waals surface area contributed by atoms with Crippen LogP contribution in [0.25, 0.3) is 0 Å². The molecule has 0 spiro atoms. The number of ether oxygens (including phenoxy) is 1. The van der Waals surface area contributed by atoms with Gasteiger partial charge in [0.25, 0.3) is 0 Å². The monoisotopic (exact) mass is 355 g/mol. The first-order chi connectivity index (χ1) is 12.6. The van der Waals surface area contributed by atoms with Crippen LogP contribution in [0.5, 0.6) is 5.88 Å². The fourth-order valence-corrected chi connectivity index (χ4v) is 1.89. The highest BCUT2D eigenvalue weighted by molar-refractivity contribution is 6.12. The molecule has 2 aromatic rings. The third kappa shape index (κ3) is 5.05. The topological polar surface area (TPSA) is 103 Å². The maximum Gasteiger partial charge on any atom is 0.213 e. The summed E-state index contributed by atoms with van der Waals surface area (Å²) in [5, 5.41) is 20.2. The van der Waals surface area contributed by atoms with E-state index in [-0.39, 0.29) is 29.7 Å². The molecule has 0 aliphatic carbocycles. The molecule has 0 radical (unpaired) electrons. The minimum absolute atomic E-state index is 0.128. The Bertz CT molecular complexity index is 864. The van der Waals surface area contributed by atoms with Crippen molar-refractivity contribution in [2.75, 3.05) is 19.0 Å². The first-order valence-corrected chi connectivity index (χ1v) is 7.56. The van der Waals surface area contributed by atoms with E-state index in [0.717, 1.165) is 6.20 Å². The summed E-state index contributed by atoms with van der Waals surface area (Å²) in [5.74, 6) is -0.272. The molecular formula is C18H18FN5O2. The molecule has 0 aromatic carbocycles. The lowest BCUT2D eigenvalue weighted by molar-refractivity contribution is 0.335. The van der Waals surface area contributed by atoms with Crippen LogP contribution in [0.1, 0.15) is 5.69 Å². The summed E-state index contributed by atoms with van der Waals surface area (Å²) in [7, 11) is 1.47.